The molecule has 2 rings (SSSR count). The fourth-order valence-corrected chi connectivity index (χ4v) is 3.44. The Balaban J connectivity index is 2.90. The van der Waals surface area contributed by atoms with Crippen molar-refractivity contribution in [2.45, 2.75) is 26.2 Å². The van der Waals surface area contributed by atoms with Crippen LogP contribution in [0.3, 0.4) is 0 Å². The van der Waals surface area contributed by atoms with Gasteiger partial charge in [-0.2, -0.15) is 4.57 Å². The number of benzene rings is 1. The van der Waals surface area contributed by atoms with Gasteiger partial charge in [-0.25, -0.2) is 14.0 Å². The summed E-state index contributed by atoms with van der Waals surface area (Å²) in [6, 6.07) is 4.25. The lowest BCUT2D eigenvalue weighted by Crippen LogP contribution is -2.43. The van der Waals surface area contributed by atoms with Crippen LogP contribution in [-0.4, -0.2) is 31.3 Å². The zero-order valence-electron chi connectivity index (χ0n) is 15.2. The van der Waals surface area contributed by atoms with Crippen LogP contribution in [0.1, 0.15) is 25.5 Å². The molecule has 27 heavy (non-hydrogen) atoms. The standard InChI is InChI=1S/C19H19BrFNO5/c1-4-5-6-14-15(20)13-8-7-12(21)9-11(13)10-22(14)16(18(24)26-2)17(23)19(25)27-3/h7-10H,4-6H2,1-3H3/p+1. The summed E-state index contributed by atoms with van der Waals surface area (Å²) in [5, 5.41) is 11.5. The van der Waals surface area contributed by atoms with Crippen LogP contribution in [0, 0.1) is 5.82 Å². The molecule has 1 aromatic carbocycles. The highest BCUT2D eigenvalue weighted by atomic mass is 79.9. The zero-order chi connectivity index (χ0) is 20.1. The molecule has 0 aliphatic rings. The SMILES string of the molecule is CCCCc1c(Br)c2ccc(F)cc2c[n+]1/C(C(=O)OC)=C(\O)C(=O)OC. The van der Waals surface area contributed by atoms with Crippen molar-refractivity contribution >= 4 is 44.3 Å². The fraction of sp³-hybridized carbons (Fsp3) is 0.316. The van der Waals surface area contributed by atoms with Crippen molar-refractivity contribution in [1.29, 1.82) is 0 Å². The Bertz CT molecular complexity index is 926. The summed E-state index contributed by atoms with van der Waals surface area (Å²) < 4.78 is 25.0. The van der Waals surface area contributed by atoms with Crippen LogP contribution in [0.4, 0.5) is 4.39 Å². The number of nitrogens with zero attached hydrogens (tertiary/aromatic N) is 1. The number of rotatable bonds is 6. The van der Waals surface area contributed by atoms with Gasteiger partial charge in [-0.05, 0) is 40.5 Å². The number of esters is 2. The van der Waals surface area contributed by atoms with Gasteiger partial charge in [-0.3, -0.25) is 0 Å². The van der Waals surface area contributed by atoms with Crippen LogP contribution in [0.2, 0.25) is 0 Å². The number of aromatic nitrogens is 1. The molecule has 144 valence electrons. The van der Waals surface area contributed by atoms with E-state index in [1.165, 1.54) is 22.9 Å². The predicted octanol–water partition coefficient (Wildman–Crippen LogP) is 3.44. The molecule has 0 amide bonds. The first-order valence-electron chi connectivity index (χ1n) is 8.28. The maximum atomic E-state index is 13.7. The number of aliphatic hydroxyl groups excluding tert-OH is 1. The summed E-state index contributed by atoms with van der Waals surface area (Å²) in [6.07, 6.45) is 3.70. The lowest BCUT2D eigenvalue weighted by Gasteiger charge is -2.11. The molecular formula is C19H20BrFNO5+. The van der Waals surface area contributed by atoms with Gasteiger partial charge in [0.15, 0.2) is 6.20 Å². The van der Waals surface area contributed by atoms with Crippen molar-refractivity contribution in [2.24, 2.45) is 0 Å². The first-order chi connectivity index (χ1) is 12.8. The number of carbonyl (C=O) groups is 2. The van der Waals surface area contributed by atoms with Crippen molar-refractivity contribution in [2.75, 3.05) is 14.2 Å². The van der Waals surface area contributed by atoms with Crippen molar-refractivity contribution < 1.29 is 33.1 Å². The van der Waals surface area contributed by atoms with Crippen LogP contribution in [0.5, 0.6) is 0 Å². The number of hydrogen-bond donors (Lipinski definition) is 1. The van der Waals surface area contributed by atoms with Crippen LogP contribution < -0.4 is 4.57 Å². The summed E-state index contributed by atoms with van der Waals surface area (Å²) in [7, 11) is 2.22. The molecule has 0 saturated heterocycles. The van der Waals surface area contributed by atoms with E-state index in [9.17, 15) is 19.1 Å². The van der Waals surface area contributed by atoms with Crippen LogP contribution in [0.25, 0.3) is 16.5 Å². The van der Waals surface area contributed by atoms with Crippen LogP contribution in [-0.2, 0) is 25.5 Å². The van der Waals surface area contributed by atoms with Gasteiger partial charge in [0.1, 0.15) is 5.82 Å². The molecule has 0 radical (unpaired) electrons. The third-order valence-electron chi connectivity index (χ3n) is 4.05. The Labute approximate surface area is 164 Å². The fourth-order valence-electron chi connectivity index (χ4n) is 2.69. The minimum Gasteiger partial charge on any atom is -0.497 e. The number of carbonyl (C=O) groups excluding carboxylic acids is 2. The molecule has 0 spiro atoms. The van der Waals surface area contributed by atoms with Crippen LogP contribution in [0.15, 0.2) is 34.6 Å². The average Bonchev–Trinajstić information content (AvgIpc) is 2.66. The number of methoxy groups -OCH3 is 2. The highest BCUT2D eigenvalue weighted by Gasteiger charge is 2.35. The van der Waals surface area contributed by atoms with E-state index in [1.54, 1.807) is 6.07 Å². The summed E-state index contributed by atoms with van der Waals surface area (Å²) in [5.41, 5.74) is 0.231. The highest BCUT2D eigenvalue weighted by Crippen LogP contribution is 2.28. The van der Waals surface area contributed by atoms with Gasteiger partial charge in [0.2, 0.25) is 5.69 Å². The third kappa shape index (κ3) is 4.27. The van der Waals surface area contributed by atoms with E-state index in [4.69, 9.17) is 4.74 Å². The van der Waals surface area contributed by atoms with Crippen molar-refractivity contribution in [3.63, 3.8) is 0 Å². The lowest BCUT2D eigenvalue weighted by atomic mass is 10.1. The second-order valence-electron chi connectivity index (χ2n) is 5.78. The van der Waals surface area contributed by atoms with Gasteiger partial charge < -0.3 is 14.6 Å². The molecule has 0 atom stereocenters. The maximum absolute atomic E-state index is 13.7. The summed E-state index contributed by atoms with van der Waals surface area (Å²) in [5.74, 6) is -3.36. The number of hydrogen-bond acceptors (Lipinski definition) is 5. The normalized spacial score (nSPS) is 11.9. The molecule has 8 heteroatoms. The number of halogens is 2. The largest absolute Gasteiger partial charge is 0.497 e. The zero-order valence-corrected chi connectivity index (χ0v) is 16.8. The Morgan fingerprint density at radius 2 is 1.89 bits per heavy atom. The van der Waals surface area contributed by atoms with Gasteiger partial charge in [0.05, 0.1) is 24.1 Å². The van der Waals surface area contributed by atoms with Gasteiger partial charge >= 0.3 is 17.6 Å². The molecule has 1 heterocycles. The van der Waals surface area contributed by atoms with Gasteiger partial charge in [0, 0.05) is 11.8 Å². The van der Waals surface area contributed by atoms with E-state index in [2.05, 4.69) is 20.7 Å². The number of ether oxygens (including phenoxy) is 2. The molecule has 1 aromatic heterocycles. The first kappa shape index (κ1) is 20.8. The molecule has 2 aromatic rings. The molecule has 1 N–H and O–H groups in total. The Hall–Kier alpha value is -2.48. The minimum absolute atomic E-state index is 0.401. The van der Waals surface area contributed by atoms with Gasteiger partial charge in [-0.1, -0.05) is 13.3 Å². The molecule has 0 aliphatic carbocycles. The topological polar surface area (TPSA) is 76.7 Å². The number of aliphatic hydroxyl groups is 1. The van der Waals surface area contributed by atoms with E-state index in [0.717, 1.165) is 32.4 Å². The smallest absolute Gasteiger partial charge is 0.408 e. The van der Waals surface area contributed by atoms with Crippen molar-refractivity contribution in [3.05, 3.63) is 46.1 Å². The number of unbranched alkanes of at least 4 members (excludes halogenated alkanes) is 1. The van der Waals surface area contributed by atoms with Gasteiger partial charge in [0.25, 0.3) is 5.76 Å². The van der Waals surface area contributed by atoms with E-state index in [1.807, 2.05) is 6.92 Å². The highest BCUT2D eigenvalue weighted by molar-refractivity contribution is 9.10. The van der Waals surface area contributed by atoms with Crippen molar-refractivity contribution in [3.8, 4) is 0 Å². The van der Waals surface area contributed by atoms with E-state index in [-0.39, 0.29) is 0 Å². The Morgan fingerprint density at radius 3 is 2.48 bits per heavy atom. The van der Waals surface area contributed by atoms with Crippen molar-refractivity contribution in [1.82, 2.24) is 0 Å². The first-order valence-corrected chi connectivity index (χ1v) is 9.07. The van der Waals surface area contributed by atoms with E-state index in [0.29, 0.717) is 22.0 Å². The Kier molecular flexibility index (Phi) is 6.90. The summed E-state index contributed by atoms with van der Waals surface area (Å²) in [4.78, 5) is 24.2. The monoisotopic (exact) mass is 440 g/mol. The van der Waals surface area contributed by atoms with E-state index >= 15 is 0 Å². The summed E-state index contributed by atoms with van der Waals surface area (Å²) >= 11 is 3.51. The van der Waals surface area contributed by atoms with E-state index < -0.39 is 29.2 Å². The Morgan fingerprint density at radius 1 is 1.22 bits per heavy atom. The average molecular weight is 441 g/mol. The lowest BCUT2D eigenvalue weighted by molar-refractivity contribution is -0.587. The minimum atomic E-state index is -1.08. The molecule has 0 saturated carbocycles. The molecule has 0 unspecified atom stereocenters. The molecular weight excluding hydrogens is 421 g/mol. The van der Waals surface area contributed by atoms with Gasteiger partial charge in [-0.15, -0.1) is 0 Å². The molecule has 0 aliphatic heterocycles. The maximum Gasteiger partial charge on any atom is 0.408 e. The number of pyridine rings is 1. The number of fused-ring (bicyclic) bond motifs is 1. The predicted molar refractivity (Wildman–Crippen MR) is 100 cm³/mol. The quantitative estimate of drug-likeness (QED) is 0.322. The second kappa shape index (κ2) is 8.94. The molecule has 0 bridgehead atoms. The van der Waals surface area contributed by atoms with Crippen LogP contribution >= 0.6 is 15.9 Å². The summed E-state index contributed by atoms with van der Waals surface area (Å²) in [6.45, 7) is 2.01. The third-order valence-corrected chi connectivity index (χ3v) is 4.94. The molecule has 0 fully saturated rings. The second-order valence-corrected chi connectivity index (χ2v) is 6.57. The molecule has 6 nitrogen and oxygen atoms in total.